The van der Waals surface area contributed by atoms with Crippen LogP contribution in [0.4, 0.5) is 19.0 Å². The van der Waals surface area contributed by atoms with Crippen molar-refractivity contribution >= 4 is 11.7 Å². The van der Waals surface area contributed by atoms with Crippen molar-refractivity contribution in [1.82, 2.24) is 10.2 Å². The maximum Gasteiger partial charge on any atom is 0.416 e. The number of benzene rings is 1. The minimum absolute atomic E-state index is 0.151. The first-order valence-corrected chi connectivity index (χ1v) is 7.89. The van der Waals surface area contributed by atoms with Crippen LogP contribution in [0.15, 0.2) is 24.3 Å². The predicted octanol–water partition coefficient (Wildman–Crippen LogP) is 2.52. The number of phenolic OH excluding ortho intramolecular Hbond substituents is 1. The molecule has 3 rings (SSSR count). The predicted molar refractivity (Wildman–Crippen MR) is 86.4 cm³/mol. The largest absolute Gasteiger partial charge is 0.507 e. The number of alkyl halides is 3. The van der Waals surface area contributed by atoms with Gasteiger partial charge in [-0.2, -0.15) is 13.2 Å². The van der Waals surface area contributed by atoms with Gasteiger partial charge in [-0.3, -0.25) is 9.69 Å². The number of nitrogens with zero attached hydrogens (tertiary/aromatic N) is 3. The standard InChI is InChI=1S/C17H16F3N3O3/c1-9-6-11(17(18,19)20)7-13(25)15(9)12-2-3-14(22-21-12)23-5-4-10(8-24)16(23)26/h2-3,6-7,10,24-25H,4-5,8H2,1H3/t10-/m0/s1. The molecule has 26 heavy (non-hydrogen) atoms. The molecule has 1 aliphatic rings. The van der Waals surface area contributed by atoms with Crippen molar-refractivity contribution in [1.29, 1.82) is 0 Å². The molecule has 2 heterocycles. The van der Waals surface area contributed by atoms with Crippen molar-refractivity contribution in [3.8, 4) is 17.0 Å². The number of phenols is 1. The molecule has 1 aliphatic heterocycles. The first-order chi connectivity index (χ1) is 12.2. The summed E-state index contributed by atoms with van der Waals surface area (Å²) in [5, 5.41) is 27.1. The van der Waals surface area contributed by atoms with Gasteiger partial charge in [-0.15, -0.1) is 10.2 Å². The third-order valence-electron chi connectivity index (χ3n) is 4.36. The van der Waals surface area contributed by atoms with Crippen molar-refractivity contribution in [2.75, 3.05) is 18.1 Å². The average Bonchev–Trinajstić information content (AvgIpc) is 2.94. The molecule has 0 aliphatic carbocycles. The fraction of sp³-hybridized carbons (Fsp3) is 0.353. The van der Waals surface area contributed by atoms with Crippen molar-refractivity contribution < 1.29 is 28.2 Å². The summed E-state index contributed by atoms with van der Waals surface area (Å²) in [4.78, 5) is 13.5. The maximum atomic E-state index is 12.8. The van der Waals surface area contributed by atoms with Crippen molar-refractivity contribution in [3.05, 3.63) is 35.4 Å². The Kier molecular flexibility index (Phi) is 4.57. The van der Waals surface area contributed by atoms with Crippen LogP contribution in [0.3, 0.4) is 0 Å². The Balaban J connectivity index is 1.91. The summed E-state index contributed by atoms with van der Waals surface area (Å²) in [6, 6.07) is 4.57. The van der Waals surface area contributed by atoms with Gasteiger partial charge in [0.05, 0.1) is 23.8 Å². The van der Waals surface area contributed by atoms with Crippen LogP contribution in [-0.2, 0) is 11.0 Å². The molecule has 1 aromatic carbocycles. The topological polar surface area (TPSA) is 86.5 Å². The van der Waals surface area contributed by atoms with Crippen LogP contribution in [0.5, 0.6) is 5.75 Å². The molecule has 1 fully saturated rings. The summed E-state index contributed by atoms with van der Waals surface area (Å²) in [6.45, 7) is 1.61. The number of aliphatic hydroxyl groups is 1. The van der Waals surface area contributed by atoms with Gasteiger partial charge in [0.2, 0.25) is 5.91 Å². The lowest BCUT2D eigenvalue weighted by molar-refractivity contribution is -0.137. The Labute approximate surface area is 146 Å². The zero-order chi connectivity index (χ0) is 19.1. The number of rotatable bonds is 3. The van der Waals surface area contributed by atoms with E-state index in [4.69, 9.17) is 5.11 Å². The van der Waals surface area contributed by atoms with E-state index in [1.165, 1.54) is 24.0 Å². The van der Waals surface area contributed by atoms with E-state index in [-0.39, 0.29) is 29.3 Å². The van der Waals surface area contributed by atoms with Crippen LogP contribution in [0.1, 0.15) is 17.5 Å². The minimum Gasteiger partial charge on any atom is -0.507 e. The molecule has 138 valence electrons. The molecule has 1 saturated heterocycles. The van der Waals surface area contributed by atoms with E-state index in [1.807, 2.05) is 0 Å². The van der Waals surface area contributed by atoms with Gasteiger partial charge in [-0.1, -0.05) is 0 Å². The quantitative estimate of drug-likeness (QED) is 0.871. The Bertz CT molecular complexity index is 814. The van der Waals surface area contributed by atoms with E-state index in [0.29, 0.717) is 24.8 Å². The van der Waals surface area contributed by atoms with Gasteiger partial charge >= 0.3 is 6.18 Å². The average molecular weight is 367 g/mol. The van der Waals surface area contributed by atoms with Crippen LogP contribution in [0.2, 0.25) is 0 Å². The molecule has 0 unspecified atom stereocenters. The second kappa shape index (κ2) is 6.56. The highest BCUT2D eigenvalue weighted by Crippen LogP contribution is 2.38. The van der Waals surface area contributed by atoms with Gasteiger partial charge < -0.3 is 10.2 Å². The number of hydrogen-bond donors (Lipinski definition) is 2. The second-order valence-electron chi connectivity index (χ2n) is 6.12. The highest BCUT2D eigenvalue weighted by atomic mass is 19.4. The molecule has 1 amide bonds. The summed E-state index contributed by atoms with van der Waals surface area (Å²) in [7, 11) is 0. The van der Waals surface area contributed by atoms with Gasteiger partial charge in [0, 0.05) is 12.1 Å². The molecule has 9 heteroatoms. The smallest absolute Gasteiger partial charge is 0.416 e. The highest BCUT2D eigenvalue weighted by molar-refractivity contribution is 5.96. The van der Waals surface area contributed by atoms with Gasteiger partial charge in [0.1, 0.15) is 5.75 Å². The molecule has 2 N–H and O–H groups in total. The molecule has 0 bridgehead atoms. The number of carbonyl (C=O) groups excluding carboxylic acids is 1. The number of aliphatic hydroxyl groups excluding tert-OH is 1. The normalized spacial score (nSPS) is 17.8. The van der Waals surface area contributed by atoms with Gasteiger partial charge in [0.15, 0.2) is 5.82 Å². The zero-order valence-electron chi connectivity index (χ0n) is 13.8. The van der Waals surface area contributed by atoms with E-state index in [2.05, 4.69) is 10.2 Å². The van der Waals surface area contributed by atoms with Gasteiger partial charge in [0.25, 0.3) is 0 Å². The van der Waals surface area contributed by atoms with Crippen LogP contribution in [-0.4, -0.2) is 39.5 Å². The summed E-state index contributed by atoms with van der Waals surface area (Å²) < 4.78 is 38.4. The Morgan fingerprint density at radius 3 is 2.50 bits per heavy atom. The number of aromatic hydroxyl groups is 1. The molecule has 0 saturated carbocycles. The number of aryl methyl sites for hydroxylation is 1. The Hall–Kier alpha value is -2.68. The lowest BCUT2D eigenvalue weighted by atomic mass is 10.0. The summed E-state index contributed by atoms with van der Waals surface area (Å²) in [5.41, 5.74) is -0.392. The third-order valence-corrected chi connectivity index (χ3v) is 4.36. The first kappa shape index (κ1) is 18.1. The molecule has 1 atom stereocenters. The number of hydrogen-bond acceptors (Lipinski definition) is 5. The summed E-state index contributed by atoms with van der Waals surface area (Å²) in [6.07, 6.45) is -4.05. The molecule has 2 aromatic rings. The molecular weight excluding hydrogens is 351 g/mol. The van der Waals surface area contributed by atoms with E-state index < -0.39 is 23.4 Å². The van der Waals surface area contributed by atoms with Crippen LogP contribution < -0.4 is 4.90 Å². The summed E-state index contributed by atoms with van der Waals surface area (Å²) >= 11 is 0. The molecule has 1 aromatic heterocycles. The highest BCUT2D eigenvalue weighted by Gasteiger charge is 2.34. The van der Waals surface area contributed by atoms with Gasteiger partial charge in [-0.05, 0) is 43.2 Å². The number of halogens is 3. The fourth-order valence-electron chi connectivity index (χ4n) is 3.00. The Morgan fingerprint density at radius 2 is 2.00 bits per heavy atom. The fourth-order valence-corrected chi connectivity index (χ4v) is 3.00. The van der Waals surface area contributed by atoms with E-state index in [0.717, 1.165) is 6.07 Å². The number of amides is 1. The number of anilines is 1. The monoisotopic (exact) mass is 367 g/mol. The zero-order valence-corrected chi connectivity index (χ0v) is 13.8. The minimum atomic E-state index is -4.56. The van der Waals surface area contributed by atoms with Crippen molar-refractivity contribution in [2.24, 2.45) is 5.92 Å². The molecule has 0 spiro atoms. The van der Waals surface area contributed by atoms with Gasteiger partial charge in [-0.25, -0.2) is 0 Å². The summed E-state index contributed by atoms with van der Waals surface area (Å²) in [5.74, 6) is -0.962. The van der Waals surface area contributed by atoms with Crippen LogP contribution in [0.25, 0.3) is 11.3 Å². The Morgan fingerprint density at radius 1 is 1.27 bits per heavy atom. The van der Waals surface area contributed by atoms with E-state index in [9.17, 15) is 23.1 Å². The van der Waals surface area contributed by atoms with Crippen molar-refractivity contribution in [3.63, 3.8) is 0 Å². The van der Waals surface area contributed by atoms with Crippen molar-refractivity contribution in [2.45, 2.75) is 19.5 Å². The third kappa shape index (κ3) is 3.22. The molecule has 6 nitrogen and oxygen atoms in total. The van der Waals surface area contributed by atoms with Crippen LogP contribution >= 0.6 is 0 Å². The lowest BCUT2D eigenvalue weighted by Gasteiger charge is -2.16. The number of aromatic nitrogens is 2. The van der Waals surface area contributed by atoms with E-state index in [1.54, 1.807) is 0 Å². The van der Waals surface area contributed by atoms with Crippen LogP contribution in [0, 0.1) is 12.8 Å². The molecular formula is C17H16F3N3O3. The maximum absolute atomic E-state index is 12.8. The SMILES string of the molecule is Cc1cc(C(F)(F)F)cc(O)c1-c1ccc(N2CC[C@@H](CO)C2=O)nn1. The second-order valence-corrected chi connectivity index (χ2v) is 6.12. The van der Waals surface area contributed by atoms with E-state index >= 15 is 0 Å². The molecule has 0 radical (unpaired) electrons. The number of carbonyl (C=O) groups is 1. The first-order valence-electron chi connectivity index (χ1n) is 7.89. The lowest BCUT2D eigenvalue weighted by Crippen LogP contribution is -2.29.